The van der Waals surface area contributed by atoms with Crippen molar-refractivity contribution in [3.05, 3.63) is 34.9 Å². The lowest BCUT2D eigenvalue weighted by Crippen LogP contribution is -2.59. The van der Waals surface area contributed by atoms with Crippen LogP contribution in [0.3, 0.4) is 0 Å². The molecule has 0 aliphatic carbocycles. The van der Waals surface area contributed by atoms with Crippen molar-refractivity contribution in [2.75, 3.05) is 0 Å². The van der Waals surface area contributed by atoms with E-state index in [1.165, 1.54) is 4.90 Å². The third-order valence-electron chi connectivity index (χ3n) is 5.01. The van der Waals surface area contributed by atoms with Crippen LogP contribution >= 0.6 is 0 Å². The van der Waals surface area contributed by atoms with Crippen LogP contribution in [0.1, 0.15) is 84.5 Å². The van der Waals surface area contributed by atoms with Crippen molar-refractivity contribution in [1.29, 1.82) is 0 Å². The van der Waals surface area contributed by atoms with Crippen LogP contribution in [0.15, 0.2) is 18.2 Å². The summed E-state index contributed by atoms with van der Waals surface area (Å²) in [5, 5.41) is 5.39. The second-order valence-electron chi connectivity index (χ2n) is 11.2. The number of ether oxygens (including phenoxy) is 1. The van der Waals surface area contributed by atoms with E-state index in [4.69, 9.17) is 10.5 Å². The number of amides is 4. The van der Waals surface area contributed by atoms with E-state index < -0.39 is 47.6 Å². The maximum Gasteiger partial charge on any atom is 0.408 e. The Hall–Kier alpha value is -3.10. The monoisotopic (exact) mass is 490 g/mol. The molecule has 0 saturated carbocycles. The van der Waals surface area contributed by atoms with Gasteiger partial charge in [0, 0.05) is 11.6 Å². The third-order valence-corrected chi connectivity index (χ3v) is 5.01. The first-order chi connectivity index (χ1) is 15.8. The fourth-order valence-corrected chi connectivity index (χ4v) is 3.76. The molecule has 1 aromatic carbocycles. The molecule has 9 nitrogen and oxygen atoms in total. The topological polar surface area (TPSA) is 131 Å². The summed E-state index contributed by atoms with van der Waals surface area (Å²) in [6.45, 7) is 17.9. The normalized spacial score (nSPS) is 13.6. The number of carbonyl (C=O) groups is 4. The zero-order chi connectivity index (χ0) is 27.3. The number of primary amides is 1. The van der Waals surface area contributed by atoms with Gasteiger partial charge >= 0.3 is 6.09 Å². The van der Waals surface area contributed by atoms with Crippen LogP contribution in [0.5, 0.6) is 0 Å². The van der Waals surface area contributed by atoms with Crippen molar-refractivity contribution in [3.8, 4) is 0 Å². The first-order valence-electron chi connectivity index (χ1n) is 11.8. The number of aryl methyl sites for hydroxylation is 2. The summed E-state index contributed by atoms with van der Waals surface area (Å²) in [7, 11) is 0. The van der Waals surface area contributed by atoms with Crippen molar-refractivity contribution >= 4 is 23.8 Å². The van der Waals surface area contributed by atoms with Gasteiger partial charge in [0.25, 0.3) is 0 Å². The fraction of sp³-hybridized carbons (Fsp3) is 0.615. The highest BCUT2D eigenvalue weighted by molar-refractivity contribution is 5.95. The van der Waals surface area contributed by atoms with E-state index in [1.807, 2.05) is 45.9 Å². The second-order valence-corrected chi connectivity index (χ2v) is 11.2. The lowest BCUT2D eigenvalue weighted by atomic mass is 9.91. The van der Waals surface area contributed by atoms with E-state index in [1.54, 1.807) is 41.5 Å². The molecule has 0 radical (unpaired) electrons. The van der Waals surface area contributed by atoms with Crippen LogP contribution < -0.4 is 16.4 Å². The van der Waals surface area contributed by atoms with Crippen LogP contribution in [0, 0.1) is 13.8 Å². The number of hydrogen-bond donors (Lipinski definition) is 3. The van der Waals surface area contributed by atoms with Crippen LogP contribution in [0.2, 0.25) is 0 Å². The molecule has 0 aromatic heterocycles. The summed E-state index contributed by atoms with van der Waals surface area (Å²) >= 11 is 0. The van der Waals surface area contributed by atoms with Gasteiger partial charge in [-0.15, -0.1) is 0 Å². The molecule has 0 heterocycles. The third kappa shape index (κ3) is 9.22. The van der Waals surface area contributed by atoms with E-state index in [-0.39, 0.29) is 11.9 Å². The molecule has 0 bridgehead atoms. The summed E-state index contributed by atoms with van der Waals surface area (Å²) in [6.07, 6.45) is -1.31. The Morgan fingerprint density at radius 2 is 1.57 bits per heavy atom. The van der Waals surface area contributed by atoms with Gasteiger partial charge in [0.2, 0.25) is 17.7 Å². The van der Waals surface area contributed by atoms with Gasteiger partial charge in [-0.1, -0.05) is 23.8 Å². The average molecular weight is 491 g/mol. The lowest BCUT2D eigenvalue weighted by Gasteiger charge is -2.43. The molecule has 0 aliphatic rings. The standard InChI is InChI=1S/C26H42N4O5/c1-15(2)28-22(32)21(18-12-11-16(3)13-17(18)4)30(25(5,6)7)23(33)19(14-20(27)31)29-24(34)35-26(8,9)10/h11-13,15,19,21H,14H2,1-10H3,(H2,27,31)(H,28,32)(H,29,34). The van der Waals surface area contributed by atoms with Crippen molar-refractivity contribution in [3.63, 3.8) is 0 Å². The molecular weight excluding hydrogens is 448 g/mol. The highest BCUT2D eigenvalue weighted by Crippen LogP contribution is 2.32. The van der Waals surface area contributed by atoms with Crippen molar-refractivity contribution in [2.24, 2.45) is 5.73 Å². The number of nitrogens with two attached hydrogens (primary N) is 1. The zero-order valence-corrected chi connectivity index (χ0v) is 22.7. The Morgan fingerprint density at radius 1 is 1.00 bits per heavy atom. The molecule has 0 saturated heterocycles. The van der Waals surface area contributed by atoms with E-state index in [2.05, 4.69) is 10.6 Å². The maximum absolute atomic E-state index is 14.0. The van der Waals surface area contributed by atoms with Gasteiger partial charge in [0.1, 0.15) is 17.7 Å². The summed E-state index contributed by atoms with van der Waals surface area (Å²) < 4.78 is 5.29. The molecule has 4 N–H and O–H groups in total. The largest absolute Gasteiger partial charge is 0.444 e. The smallest absolute Gasteiger partial charge is 0.408 e. The Labute approximate surface area is 209 Å². The van der Waals surface area contributed by atoms with Gasteiger partial charge in [-0.05, 0) is 80.4 Å². The quantitative estimate of drug-likeness (QED) is 0.515. The molecular formula is C26H42N4O5. The average Bonchev–Trinajstić information content (AvgIpc) is 2.62. The molecule has 2 unspecified atom stereocenters. The molecule has 0 spiro atoms. The van der Waals surface area contributed by atoms with Gasteiger partial charge in [-0.25, -0.2) is 4.79 Å². The van der Waals surface area contributed by atoms with Crippen LogP contribution in [0.25, 0.3) is 0 Å². The van der Waals surface area contributed by atoms with Gasteiger partial charge in [-0.2, -0.15) is 0 Å². The molecule has 196 valence electrons. The molecule has 0 aliphatic heterocycles. The number of nitrogens with one attached hydrogen (secondary N) is 2. The lowest BCUT2D eigenvalue weighted by molar-refractivity contribution is -0.149. The Bertz CT molecular complexity index is 944. The van der Waals surface area contributed by atoms with Crippen LogP contribution in [-0.2, 0) is 19.1 Å². The molecule has 35 heavy (non-hydrogen) atoms. The van der Waals surface area contributed by atoms with E-state index >= 15 is 0 Å². The van der Waals surface area contributed by atoms with Crippen LogP contribution in [-0.4, -0.2) is 51.9 Å². The molecule has 4 amide bonds. The predicted octanol–water partition coefficient (Wildman–Crippen LogP) is 3.26. The molecule has 0 fully saturated rings. The molecule has 2 atom stereocenters. The molecule has 9 heteroatoms. The first kappa shape index (κ1) is 29.9. The highest BCUT2D eigenvalue weighted by Gasteiger charge is 2.42. The van der Waals surface area contributed by atoms with Gasteiger partial charge < -0.3 is 26.0 Å². The number of rotatable bonds is 8. The van der Waals surface area contributed by atoms with Crippen molar-refractivity contribution in [2.45, 2.75) is 105 Å². The molecule has 1 rings (SSSR count). The van der Waals surface area contributed by atoms with E-state index in [0.717, 1.165) is 11.1 Å². The van der Waals surface area contributed by atoms with E-state index in [0.29, 0.717) is 5.56 Å². The minimum absolute atomic E-state index is 0.172. The summed E-state index contributed by atoms with van der Waals surface area (Å²) in [4.78, 5) is 53.3. The second kappa shape index (κ2) is 11.6. The zero-order valence-electron chi connectivity index (χ0n) is 22.7. The Morgan fingerprint density at radius 3 is 2.00 bits per heavy atom. The molecule has 1 aromatic rings. The van der Waals surface area contributed by atoms with Crippen molar-refractivity contribution < 1.29 is 23.9 Å². The SMILES string of the molecule is Cc1ccc(C(C(=O)NC(C)C)N(C(=O)C(CC(N)=O)NC(=O)OC(C)(C)C)C(C)(C)C)c(C)c1. The summed E-state index contributed by atoms with van der Waals surface area (Å²) in [5.41, 5.74) is 6.24. The van der Waals surface area contributed by atoms with E-state index in [9.17, 15) is 19.2 Å². The van der Waals surface area contributed by atoms with Crippen LogP contribution in [0.4, 0.5) is 4.79 Å². The predicted molar refractivity (Wildman–Crippen MR) is 136 cm³/mol. The number of hydrogen-bond acceptors (Lipinski definition) is 5. The fourth-order valence-electron chi connectivity index (χ4n) is 3.76. The van der Waals surface area contributed by atoms with Gasteiger partial charge in [0.15, 0.2) is 0 Å². The minimum Gasteiger partial charge on any atom is -0.444 e. The Balaban J connectivity index is 3.64. The highest BCUT2D eigenvalue weighted by atomic mass is 16.6. The number of nitrogens with zero attached hydrogens (tertiary/aromatic N) is 1. The minimum atomic E-state index is -1.32. The number of alkyl carbamates (subject to hydrolysis) is 1. The maximum atomic E-state index is 14.0. The van der Waals surface area contributed by atoms with Crippen molar-refractivity contribution in [1.82, 2.24) is 15.5 Å². The number of benzene rings is 1. The number of carbonyl (C=O) groups excluding carboxylic acids is 4. The first-order valence-corrected chi connectivity index (χ1v) is 11.8. The Kier molecular flexibility index (Phi) is 9.88. The summed E-state index contributed by atoms with van der Waals surface area (Å²) in [6, 6.07) is 3.14. The van der Waals surface area contributed by atoms with Gasteiger partial charge in [0.05, 0.1) is 6.42 Å². The summed E-state index contributed by atoms with van der Waals surface area (Å²) in [5.74, 6) is -1.76. The van der Waals surface area contributed by atoms with Gasteiger partial charge in [-0.3, -0.25) is 14.4 Å².